The average Bonchev–Trinajstić information content (AvgIpc) is 3.62. The molecule has 0 aliphatic carbocycles. The molecule has 1 fully saturated rings. The highest BCUT2D eigenvalue weighted by molar-refractivity contribution is 5.77. The Kier molecular flexibility index (Phi) is 9.09. The highest BCUT2D eigenvalue weighted by Crippen LogP contribution is 2.31. The lowest BCUT2D eigenvalue weighted by Gasteiger charge is -2.41. The molecule has 2 amide bonds. The topological polar surface area (TPSA) is 124 Å². The Morgan fingerprint density at radius 1 is 1.00 bits per heavy atom. The van der Waals surface area contributed by atoms with Crippen LogP contribution in [0.4, 0.5) is 10.6 Å². The maximum atomic E-state index is 13.4. The van der Waals surface area contributed by atoms with Gasteiger partial charge < -0.3 is 29.3 Å². The number of fused-ring (bicyclic) bond motifs is 1. The zero-order valence-electron chi connectivity index (χ0n) is 25.5. The lowest BCUT2D eigenvalue weighted by Crippen LogP contribution is -2.56. The summed E-state index contributed by atoms with van der Waals surface area (Å²) in [6, 6.07) is 16.8. The van der Waals surface area contributed by atoms with Crippen LogP contribution >= 0.6 is 0 Å². The fourth-order valence-electron chi connectivity index (χ4n) is 5.37. The molecule has 0 bridgehead atoms. The highest BCUT2D eigenvalue weighted by atomic mass is 16.6. The molecule has 2 aliphatic heterocycles. The minimum Gasteiger partial charge on any atom is -0.486 e. The normalized spacial score (nSPS) is 16.0. The van der Waals surface area contributed by atoms with Gasteiger partial charge in [-0.15, -0.1) is 0 Å². The third-order valence-corrected chi connectivity index (χ3v) is 7.81. The minimum absolute atomic E-state index is 0.146. The third kappa shape index (κ3) is 7.34. The molecular weight excluding hydrogens is 574 g/mol. The molecule has 1 atom stereocenters. The third-order valence-electron chi connectivity index (χ3n) is 7.81. The first-order chi connectivity index (χ1) is 21.9. The van der Waals surface area contributed by atoms with Crippen molar-refractivity contribution in [3.63, 3.8) is 0 Å². The number of ether oxygens (including phenoxy) is 3. The van der Waals surface area contributed by atoms with Crippen molar-refractivity contribution in [2.24, 2.45) is 0 Å². The fourth-order valence-corrected chi connectivity index (χ4v) is 5.37. The van der Waals surface area contributed by atoms with Crippen LogP contribution < -0.4 is 19.7 Å². The monoisotopic (exact) mass is 611 g/mol. The standard InChI is InChI=1S/C33H37N7O5/c1-23(2)27-18-30(37-32(36-27)39-11-10-34-22-39)40-13-12-38(33(42)45-21-24-6-4-3-5-7-24)20-26(40)17-31(41)35-19-25-8-9-28-29(16-25)44-15-14-43-28/h3-11,16,18,22-23,26H,12-15,17,19-21H2,1-2H3,(H,35,41). The molecule has 4 aromatic rings. The minimum atomic E-state index is -0.412. The van der Waals surface area contributed by atoms with E-state index < -0.39 is 6.09 Å². The number of benzene rings is 2. The SMILES string of the molecule is CC(C)c1cc(N2CCN(C(=O)OCc3ccccc3)CC2CC(=O)NCc2ccc3c(c2)OCCO3)nc(-n2ccnc2)n1. The number of carbonyl (C=O) groups excluding carboxylic acids is 2. The molecule has 2 aromatic carbocycles. The van der Waals surface area contributed by atoms with Crippen molar-refractivity contribution in [3.8, 4) is 17.4 Å². The van der Waals surface area contributed by atoms with Crippen LogP contribution in [-0.2, 0) is 22.7 Å². The first-order valence-corrected chi connectivity index (χ1v) is 15.2. The van der Waals surface area contributed by atoms with E-state index in [0.717, 1.165) is 16.8 Å². The van der Waals surface area contributed by atoms with E-state index in [1.54, 1.807) is 28.2 Å². The van der Waals surface area contributed by atoms with E-state index in [4.69, 9.17) is 24.2 Å². The molecule has 45 heavy (non-hydrogen) atoms. The van der Waals surface area contributed by atoms with E-state index in [0.29, 0.717) is 62.7 Å². The molecule has 4 heterocycles. The van der Waals surface area contributed by atoms with E-state index in [9.17, 15) is 9.59 Å². The average molecular weight is 612 g/mol. The van der Waals surface area contributed by atoms with E-state index in [-0.39, 0.29) is 30.9 Å². The molecule has 1 N–H and O–H groups in total. The van der Waals surface area contributed by atoms with Crippen molar-refractivity contribution in [1.29, 1.82) is 0 Å². The van der Waals surface area contributed by atoms with Gasteiger partial charge in [-0.1, -0.05) is 50.2 Å². The summed E-state index contributed by atoms with van der Waals surface area (Å²) in [4.78, 5) is 44.1. The number of carbonyl (C=O) groups is 2. The first kappa shape index (κ1) is 29.9. The van der Waals surface area contributed by atoms with Crippen LogP contribution in [0.3, 0.4) is 0 Å². The Bertz CT molecular complexity index is 1610. The van der Waals surface area contributed by atoms with Gasteiger partial charge >= 0.3 is 6.09 Å². The smallest absolute Gasteiger partial charge is 0.410 e. The molecule has 0 radical (unpaired) electrons. The van der Waals surface area contributed by atoms with Crippen LogP contribution in [0.25, 0.3) is 5.95 Å². The molecule has 2 aromatic heterocycles. The van der Waals surface area contributed by atoms with E-state index >= 15 is 0 Å². The van der Waals surface area contributed by atoms with E-state index in [2.05, 4.69) is 29.0 Å². The van der Waals surface area contributed by atoms with Crippen LogP contribution in [0.2, 0.25) is 0 Å². The Labute approximate surface area is 262 Å². The van der Waals surface area contributed by atoms with Crippen LogP contribution in [0.15, 0.2) is 73.3 Å². The van der Waals surface area contributed by atoms with E-state index in [1.807, 2.05) is 54.6 Å². The van der Waals surface area contributed by atoms with Gasteiger partial charge in [0.2, 0.25) is 11.9 Å². The fraction of sp³-hybridized carbons (Fsp3) is 0.364. The van der Waals surface area contributed by atoms with Crippen molar-refractivity contribution < 1.29 is 23.8 Å². The lowest BCUT2D eigenvalue weighted by atomic mass is 10.1. The number of hydrogen-bond donors (Lipinski definition) is 1. The summed E-state index contributed by atoms with van der Waals surface area (Å²) in [6.45, 7) is 6.87. The highest BCUT2D eigenvalue weighted by Gasteiger charge is 2.33. The number of imidazole rings is 1. The largest absolute Gasteiger partial charge is 0.486 e. The summed E-state index contributed by atoms with van der Waals surface area (Å²) in [5, 5.41) is 3.04. The quantitative estimate of drug-likeness (QED) is 0.298. The maximum absolute atomic E-state index is 13.4. The Morgan fingerprint density at radius 3 is 2.60 bits per heavy atom. The molecule has 0 spiro atoms. The molecule has 234 valence electrons. The first-order valence-electron chi connectivity index (χ1n) is 15.2. The number of nitrogens with one attached hydrogen (secondary N) is 1. The lowest BCUT2D eigenvalue weighted by molar-refractivity contribution is -0.121. The molecule has 6 rings (SSSR count). The second kappa shape index (κ2) is 13.7. The van der Waals surface area contributed by atoms with Gasteiger partial charge in [0.15, 0.2) is 11.5 Å². The number of rotatable bonds is 9. The Balaban J connectivity index is 1.20. The zero-order chi connectivity index (χ0) is 31.2. The molecule has 1 unspecified atom stereocenters. The summed E-state index contributed by atoms with van der Waals surface area (Å²) >= 11 is 0. The number of amides is 2. The van der Waals surface area contributed by atoms with Crippen molar-refractivity contribution in [3.05, 3.63) is 90.1 Å². The molecule has 12 nitrogen and oxygen atoms in total. The van der Waals surface area contributed by atoms with Crippen molar-refractivity contribution >= 4 is 17.8 Å². The van der Waals surface area contributed by atoms with E-state index in [1.165, 1.54) is 0 Å². The zero-order valence-corrected chi connectivity index (χ0v) is 25.5. The van der Waals surface area contributed by atoms with Gasteiger partial charge in [-0.3, -0.25) is 9.36 Å². The van der Waals surface area contributed by atoms with Gasteiger partial charge in [0.25, 0.3) is 0 Å². The van der Waals surface area contributed by atoms with Crippen LogP contribution in [0.5, 0.6) is 11.5 Å². The van der Waals surface area contributed by atoms with Crippen LogP contribution in [0.1, 0.15) is 43.0 Å². The maximum Gasteiger partial charge on any atom is 0.410 e. The number of hydrogen-bond acceptors (Lipinski definition) is 9. The molecule has 12 heteroatoms. The molecule has 0 saturated carbocycles. The summed E-state index contributed by atoms with van der Waals surface area (Å²) in [5.74, 6) is 2.58. The summed E-state index contributed by atoms with van der Waals surface area (Å²) in [5.41, 5.74) is 2.69. The van der Waals surface area contributed by atoms with Gasteiger partial charge in [-0.25, -0.2) is 14.8 Å². The molecule has 1 saturated heterocycles. The number of aromatic nitrogens is 4. The van der Waals surface area contributed by atoms with Crippen LogP contribution in [-0.4, -0.2) is 75.3 Å². The predicted octanol–water partition coefficient (Wildman–Crippen LogP) is 4.09. The second-order valence-electron chi connectivity index (χ2n) is 11.4. The van der Waals surface area contributed by atoms with Crippen LogP contribution in [0, 0.1) is 0 Å². The predicted molar refractivity (Wildman–Crippen MR) is 166 cm³/mol. The van der Waals surface area contributed by atoms with Crippen molar-refractivity contribution in [1.82, 2.24) is 29.7 Å². The second-order valence-corrected chi connectivity index (χ2v) is 11.4. The number of anilines is 1. The number of piperazine rings is 1. The number of nitrogens with zero attached hydrogens (tertiary/aromatic N) is 6. The Hall–Kier alpha value is -5.13. The van der Waals surface area contributed by atoms with Gasteiger partial charge in [-0.2, -0.15) is 4.98 Å². The van der Waals surface area contributed by atoms with Crippen molar-refractivity contribution in [2.45, 2.75) is 45.4 Å². The van der Waals surface area contributed by atoms with Gasteiger partial charge in [0.05, 0.1) is 11.7 Å². The Morgan fingerprint density at radius 2 is 1.82 bits per heavy atom. The summed E-state index contributed by atoms with van der Waals surface area (Å²) in [7, 11) is 0. The summed E-state index contributed by atoms with van der Waals surface area (Å²) in [6.07, 6.45) is 4.87. The van der Waals surface area contributed by atoms with Gasteiger partial charge in [0, 0.05) is 51.1 Å². The van der Waals surface area contributed by atoms with Gasteiger partial charge in [0.1, 0.15) is 32.0 Å². The molecule has 2 aliphatic rings. The van der Waals surface area contributed by atoms with Gasteiger partial charge in [-0.05, 0) is 29.2 Å². The molecular formula is C33H37N7O5. The van der Waals surface area contributed by atoms with Crippen molar-refractivity contribution in [2.75, 3.05) is 37.7 Å². The summed E-state index contributed by atoms with van der Waals surface area (Å²) < 4.78 is 18.7.